The van der Waals surface area contributed by atoms with Gasteiger partial charge in [-0.3, -0.25) is 0 Å². The van der Waals surface area contributed by atoms with Crippen LogP contribution in [0.4, 0.5) is 4.39 Å². The number of aryl methyl sites for hydroxylation is 1. The lowest BCUT2D eigenvalue weighted by Crippen LogP contribution is -2.12. The summed E-state index contributed by atoms with van der Waals surface area (Å²) in [5.74, 6) is -0.178. The Labute approximate surface area is 85.1 Å². The third kappa shape index (κ3) is 2.55. The molecule has 1 atom stereocenters. The molecule has 0 spiro atoms. The number of hydrogen-bond donors (Lipinski definition) is 1. The van der Waals surface area contributed by atoms with Gasteiger partial charge in [-0.15, -0.1) is 0 Å². The van der Waals surface area contributed by atoms with Crippen molar-refractivity contribution in [2.24, 2.45) is 5.73 Å². The molecule has 0 heterocycles. The van der Waals surface area contributed by atoms with Gasteiger partial charge in [-0.05, 0) is 24.5 Å². The first-order chi connectivity index (χ1) is 6.69. The van der Waals surface area contributed by atoms with Crippen molar-refractivity contribution in [3.63, 3.8) is 0 Å². The third-order valence-electron chi connectivity index (χ3n) is 2.47. The fraction of sp³-hybridized carbons (Fsp3) is 0.500. The van der Waals surface area contributed by atoms with Crippen LogP contribution in [0.25, 0.3) is 0 Å². The average molecular weight is 195 g/mol. The minimum absolute atomic E-state index is 0.161. The normalized spacial score (nSPS) is 12.9. The van der Waals surface area contributed by atoms with Gasteiger partial charge in [0.2, 0.25) is 0 Å². The van der Waals surface area contributed by atoms with Gasteiger partial charge in [0.05, 0.1) is 0 Å². The molecule has 1 aromatic carbocycles. The van der Waals surface area contributed by atoms with Gasteiger partial charge in [0, 0.05) is 11.6 Å². The fourth-order valence-corrected chi connectivity index (χ4v) is 1.56. The van der Waals surface area contributed by atoms with Crippen molar-refractivity contribution < 1.29 is 4.39 Å². The molecule has 0 saturated heterocycles. The summed E-state index contributed by atoms with van der Waals surface area (Å²) in [5, 5.41) is 0. The van der Waals surface area contributed by atoms with Crippen LogP contribution in [0.5, 0.6) is 0 Å². The Balaban J connectivity index is 2.93. The highest BCUT2D eigenvalue weighted by Crippen LogP contribution is 2.20. The van der Waals surface area contributed by atoms with E-state index in [-0.39, 0.29) is 11.9 Å². The predicted molar refractivity (Wildman–Crippen MR) is 57.6 cm³/mol. The summed E-state index contributed by atoms with van der Waals surface area (Å²) in [6.07, 6.45) is 2.74. The number of benzene rings is 1. The molecule has 1 rings (SSSR count). The van der Waals surface area contributed by atoms with Crippen molar-refractivity contribution in [3.05, 3.63) is 35.1 Å². The summed E-state index contributed by atoms with van der Waals surface area (Å²) >= 11 is 0. The summed E-state index contributed by atoms with van der Waals surface area (Å²) in [5.41, 5.74) is 7.69. The van der Waals surface area contributed by atoms with Crippen molar-refractivity contribution in [1.82, 2.24) is 0 Å². The molecule has 2 heteroatoms. The lowest BCUT2D eigenvalue weighted by molar-refractivity contribution is 0.559. The Morgan fingerprint density at radius 2 is 2.07 bits per heavy atom. The van der Waals surface area contributed by atoms with Crippen molar-refractivity contribution in [1.29, 1.82) is 0 Å². The average Bonchev–Trinajstić information content (AvgIpc) is 2.19. The molecule has 0 aliphatic carbocycles. The van der Waals surface area contributed by atoms with E-state index in [0.717, 1.165) is 24.8 Å². The molecule has 0 saturated carbocycles. The maximum absolute atomic E-state index is 13.4. The smallest absolute Gasteiger partial charge is 0.127 e. The number of rotatable bonds is 4. The monoisotopic (exact) mass is 195 g/mol. The number of halogens is 1. The van der Waals surface area contributed by atoms with Crippen LogP contribution in [0, 0.1) is 5.82 Å². The SMILES string of the molecule is CCCC(N)c1cc(CC)ccc1F. The van der Waals surface area contributed by atoms with Gasteiger partial charge in [0.25, 0.3) is 0 Å². The van der Waals surface area contributed by atoms with Crippen LogP contribution in [-0.2, 0) is 6.42 Å². The maximum Gasteiger partial charge on any atom is 0.127 e. The van der Waals surface area contributed by atoms with E-state index in [1.807, 2.05) is 12.1 Å². The number of nitrogens with two attached hydrogens (primary N) is 1. The Morgan fingerprint density at radius 1 is 1.36 bits per heavy atom. The highest BCUT2D eigenvalue weighted by Gasteiger charge is 2.10. The molecule has 0 bridgehead atoms. The van der Waals surface area contributed by atoms with Crippen molar-refractivity contribution in [2.45, 2.75) is 39.2 Å². The van der Waals surface area contributed by atoms with Crippen LogP contribution < -0.4 is 5.73 Å². The molecule has 78 valence electrons. The summed E-state index contributed by atoms with van der Waals surface area (Å²) in [7, 11) is 0. The van der Waals surface area contributed by atoms with Crippen LogP contribution in [0.15, 0.2) is 18.2 Å². The van der Waals surface area contributed by atoms with E-state index < -0.39 is 0 Å². The summed E-state index contributed by atoms with van der Waals surface area (Å²) in [6.45, 7) is 4.11. The van der Waals surface area contributed by atoms with Crippen LogP contribution in [0.3, 0.4) is 0 Å². The van der Waals surface area contributed by atoms with Gasteiger partial charge < -0.3 is 5.73 Å². The maximum atomic E-state index is 13.4. The van der Waals surface area contributed by atoms with E-state index >= 15 is 0 Å². The Hall–Kier alpha value is -0.890. The zero-order valence-electron chi connectivity index (χ0n) is 8.89. The molecule has 1 aromatic rings. The van der Waals surface area contributed by atoms with Gasteiger partial charge in [0.15, 0.2) is 0 Å². The first-order valence-electron chi connectivity index (χ1n) is 5.23. The molecule has 1 unspecified atom stereocenters. The van der Waals surface area contributed by atoms with Gasteiger partial charge in [-0.2, -0.15) is 0 Å². The van der Waals surface area contributed by atoms with Gasteiger partial charge in [-0.25, -0.2) is 4.39 Å². The summed E-state index contributed by atoms with van der Waals surface area (Å²) < 4.78 is 13.4. The molecule has 0 radical (unpaired) electrons. The van der Waals surface area contributed by atoms with E-state index in [9.17, 15) is 4.39 Å². The zero-order chi connectivity index (χ0) is 10.6. The van der Waals surface area contributed by atoms with Gasteiger partial charge in [-0.1, -0.05) is 32.4 Å². The topological polar surface area (TPSA) is 26.0 Å². The molecule has 14 heavy (non-hydrogen) atoms. The lowest BCUT2D eigenvalue weighted by Gasteiger charge is -2.12. The third-order valence-corrected chi connectivity index (χ3v) is 2.47. The molecule has 0 aliphatic rings. The molecule has 1 nitrogen and oxygen atoms in total. The van der Waals surface area contributed by atoms with E-state index in [4.69, 9.17) is 5.73 Å². The van der Waals surface area contributed by atoms with Crippen LogP contribution in [0.1, 0.15) is 43.9 Å². The molecular formula is C12H18FN. The molecule has 2 N–H and O–H groups in total. The molecular weight excluding hydrogens is 177 g/mol. The standard InChI is InChI=1S/C12H18FN/c1-3-5-12(14)10-8-9(4-2)6-7-11(10)13/h6-8,12H,3-5,14H2,1-2H3. The van der Waals surface area contributed by atoms with Crippen molar-refractivity contribution >= 4 is 0 Å². The van der Waals surface area contributed by atoms with E-state index in [1.54, 1.807) is 0 Å². The summed E-state index contributed by atoms with van der Waals surface area (Å²) in [4.78, 5) is 0. The van der Waals surface area contributed by atoms with Gasteiger partial charge >= 0.3 is 0 Å². The van der Waals surface area contributed by atoms with Crippen LogP contribution in [0.2, 0.25) is 0 Å². The molecule has 0 aliphatic heterocycles. The highest BCUT2D eigenvalue weighted by molar-refractivity contribution is 5.27. The van der Waals surface area contributed by atoms with E-state index in [0.29, 0.717) is 5.56 Å². The lowest BCUT2D eigenvalue weighted by atomic mass is 9.99. The molecule has 0 fully saturated rings. The quantitative estimate of drug-likeness (QED) is 0.784. The predicted octanol–water partition coefficient (Wildman–Crippen LogP) is 3.19. The van der Waals surface area contributed by atoms with Crippen molar-refractivity contribution in [3.8, 4) is 0 Å². The Bertz CT molecular complexity index is 296. The first-order valence-corrected chi connectivity index (χ1v) is 5.23. The Kier molecular flexibility index (Phi) is 4.08. The second-order valence-corrected chi connectivity index (χ2v) is 3.60. The van der Waals surface area contributed by atoms with E-state index in [1.165, 1.54) is 6.07 Å². The Morgan fingerprint density at radius 3 is 2.64 bits per heavy atom. The largest absolute Gasteiger partial charge is 0.324 e. The second kappa shape index (κ2) is 5.11. The van der Waals surface area contributed by atoms with Crippen LogP contribution in [-0.4, -0.2) is 0 Å². The first kappa shape index (κ1) is 11.2. The number of hydrogen-bond acceptors (Lipinski definition) is 1. The highest BCUT2D eigenvalue weighted by atomic mass is 19.1. The van der Waals surface area contributed by atoms with Crippen LogP contribution >= 0.6 is 0 Å². The molecule has 0 aromatic heterocycles. The zero-order valence-corrected chi connectivity index (χ0v) is 8.89. The fourth-order valence-electron chi connectivity index (χ4n) is 1.56. The minimum atomic E-state index is -0.178. The summed E-state index contributed by atoms with van der Waals surface area (Å²) in [6, 6.07) is 5.06. The minimum Gasteiger partial charge on any atom is -0.324 e. The van der Waals surface area contributed by atoms with Gasteiger partial charge in [0.1, 0.15) is 5.82 Å². The van der Waals surface area contributed by atoms with E-state index in [2.05, 4.69) is 13.8 Å². The van der Waals surface area contributed by atoms with Crippen molar-refractivity contribution in [2.75, 3.05) is 0 Å². The second-order valence-electron chi connectivity index (χ2n) is 3.60. The molecule has 0 amide bonds.